The molecule has 3 aliphatic rings. The van der Waals surface area contributed by atoms with Crippen LogP contribution in [0.25, 0.3) is 5.69 Å². The topological polar surface area (TPSA) is 78.8 Å². The summed E-state index contributed by atoms with van der Waals surface area (Å²) in [6, 6.07) is 15.2. The largest absolute Gasteiger partial charge is 0.342 e. The Morgan fingerprint density at radius 2 is 1.63 bits per heavy atom. The van der Waals surface area contributed by atoms with Gasteiger partial charge in [-0.1, -0.05) is 18.2 Å². The van der Waals surface area contributed by atoms with Crippen molar-refractivity contribution in [3.8, 4) is 5.69 Å². The van der Waals surface area contributed by atoms with E-state index in [1.54, 1.807) is 24.3 Å². The molecular weight excluding hydrogens is 478 g/mol. The predicted molar refractivity (Wildman–Crippen MR) is 142 cm³/mol. The number of nitrogens with zero attached hydrogens (tertiary/aromatic N) is 5. The summed E-state index contributed by atoms with van der Waals surface area (Å²) in [4.78, 5) is 49.7. The van der Waals surface area contributed by atoms with E-state index in [2.05, 4.69) is 4.98 Å². The quantitative estimate of drug-likeness (QED) is 0.537. The molecule has 0 bridgehead atoms. The van der Waals surface area contributed by atoms with Crippen molar-refractivity contribution in [3.05, 3.63) is 84.4 Å². The highest BCUT2D eigenvalue weighted by atomic mass is 16.2. The van der Waals surface area contributed by atoms with Crippen molar-refractivity contribution in [2.45, 2.75) is 31.7 Å². The minimum Gasteiger partial charge on any atom is -0.342 e. The average Bonchev–Trinajstić information content (AvgIpc) is 3.70. The van der Waals surface area contributed by atoms with E-state index in [0.717, 1.165) is 30.5 Å². The fraction of sp³-hybridized carbons (Fsp3) is 0.400. The molecule has 2 atom stereocenters. The second-order valence-corrected chi connectivity index (χ2v) is 11.0. The number of aromatic nitrogens is 2. The monoisotopic (exact) mass is 511 g/mol. The summed E-state index contributed by atoms with van der Waals surface area (Å²) in [5.41, 5.74) is 2.53. The number of para-hydroxylation sites is 1. The van der Waals surface area contributed by atoms with Crippen LogP contribution in [0.3, 0.4) is 0 Å². The van der Waals surface area contributed by atoms with Gasteiger partial charge in [0.25, 0.3) is 5.91 Å². The summed E-state index contributed by atoms with van der Waals surface area (Å²) in [5.74, 6) is -0.272. The highest BCUT2D eigenvalue weighted by Crippen LogP contribution is 2.44. The van der Waals surface area contributed by atoms with Gasteiger partial charge in [0.2, 0.25) is 11.8 Å². The van der Waals surface area contributed by atoms with Crippen LogP contribution >= 0.6 is 0 Å². The van der Waals surface area contributed by atoms with Crippen LogP contribution in [0.4, 0.5) is 0 Å². The van der Waals surface area contributed by atoms with E-state index in [9.17, 15) is 14.4 Å². The van der Waals surface area contributed by atoms with Crippen molar-refractivity contribution >= 4 is 17.7 Å². The molecule has 196 valence electrons. The molecule has 0 N–H and O–H groups in total. The molecule has 38 heavy (non-hydrogen) atoms. The fourth-order valence-electron chi connectivity index (χ4n) is 6.59. The Hall–Kier alpha value is -3.94. The maximum atomic E-state index is 13.7. The van der Waals surface area contributed by atoms with Crippen LogP contribution in [0.15, 0.2) is 73.3 Å². The first kappa shape index (κ1) is 24.4. The van der Waals surface area contributed by atoms with Crippen molar-refractivity contribution in [1.82, 2.24) is 24.3 Å². The lowest BCUT2D eigenvalue weighted by Gasteiger charge is -2.39. The SMILES string of the molecule is CN1C(=O)C[C@@H](C(=O)N2CCC3(CCN(C(=O)c4ccccc4-n4cccc4)CC3)C2)[C@@H]1c1cccnc1. The highest BCUT2D eigenvalue weighted by Gasteiger charge is 2.48. The molecule has 0 aliphatic carbocycles. The standard InChI is InChI=1S/C30H33N5O3/c1-32-26(36)19-24(27(32)22-7-6-13-31-20-22)29(38)35-18-12-30(21-35)10-16-34(17-11-30)28(37)23-8-2-3-9-25(23)33-14-4-5-15-33/h2-9,13-15,20,24,27H,10-12,16-19,21H2,1H3/t24-,27+/m1/s1. The third-order valence-electron chi connectivity index (χ3n) is 8.81. The number of rotatable bonds is 4. The molecular formula is C30H33N5O3. The molecule has 1 spiro atoms. The van der Waals surface area contributed by atoms with Crippen molar-refractivity contribution in [2.75, 3.05) is 33.2 Å². The van der Waals surface area contributed by atoms with E-state index in [1.807, 2.05) is 75.3 Å². The lowest BCUT2D eigenvalue weighted by molar-refractivity contribution is -0.136. The summed E-state index contributed by atoms with van der Waals surface area (Å²) >= 11 is 0. The summed E-state index contributed by atoms with van der Waals surface area (Å²) in [6.07, 6.45) is 10.3. The molecule has 3 saturated heterocycles. The summed E-state index contributed by atoms with van der Waals surface area (Å²) < 4.78 is 1.98. The number of piperidine rings is 1. The molecule has 0 radical (unpaired) electrons. The molecule has 6 rings (SSSR count). The average molecular weight is 512 g/mol. The number of carbonyl (C=O) groups is 3. The lowest BCUT2D eigenvalue weighted by atomic mass is 9.77. The molecule has 8 heteroatoms. The third-order valence-corrected chi connectivity index (χ3v) is 8.81. The summed E-state index contributed by atoms with van der Waals surface area (Å²) in [5, 5.41) is 0. The number of pyridine rings is 1. The number of hydrogen-bond donors (Lipinski definition) is 0. The van der Waals surface area contributed by atoms with Gasteiger partial charge in [0.15, 0.2) is 0 Å². The maximum Gasteiger partial charge on any atom is 0.255 e. The number of likely N-dealkylation sites (tertiary alicyclic amines) is 3. The molecule has 3 aliphatic heterocycles. The van der Waals surface area contributed by atoms with Crippen molar-refractivity contribution in [3.63, 3.8) is 0 Å². The highest BCUT2D eigenvalue weighted by molar-refractivity contribution is 5.98. The van der Waals surface area contributed by atoms with Crippen LogP contribution in [0.2, 0.25) is 0 Å². The Morgan fingerprint density at radius 3 is 2.34 bits per heavy atom. The Balaban J connectivity index is 1.12. The van der Waals surface area contributed by atoms with Gasteiger partial charge in [-0.25, -0.2) is 0 Å². The zero-order valence-corrected chi connectivity index (χ0v) is 21.7. The smallest absolute Gasteiger partial charge is 0.255 e. The van der Waals surface area contributed by atoms with E-state index < -0.39 is 5.92 Å². The third kappa shape index (κ3) is 4.27. The Kier molecular flexibility index (Phi) is 6.26. The minimum absolute atomic E-state index is 0.00173. The van der Waals surface area contributed by atoms with Crippen molar-refractivity contribution in [2.24, 2.45) is 11.3 Å². The van der Waals surface area contributed by atoms with Gasteiger partial charge in [-0.3, -0.25) is 19.4 Å². The molecule has 0 saturated carbocycles. The van der Waals surface area contributed by atoms with Gasteiger partial charge >= 0.3 is 0 Å². The minimum atomic E-state index is -0.390. The first-order valence-electron chi connectivity index (χ1n) is 13.4. The van der Waals surface area contributed by atoms with Gasteiger partial charge in [-0.05, 0) is 60.6 Å². The molecule has 0 unspecified atom stereocenters. The van der Waals surface area contributed by atoms with Crippen molar-refractivity contribution in [1.29, 1.82) is 0 Å². The molecule has 3 aromatic rings. The molecule has 3 fully saturated rings. The molecule has 2 aromatic heterocycles. The Morgan fingerprint density at radius 1 is 0.921 bits per heavy atom. The van der Waals surface area contributed by atoms with Crippen molar-refractivity contribution < 1.29 is 14.4 Å². The van der Waals surface area contributed by atoms with Crippen LogP contribution in [-0.4, -0.2) is 75.2 Å². The molecule has 3 amide bonds. The van der Waals surface area contributed by atoms with Gasteiger partial charge in [0, 0.05) is 64.4 Å². The zero-order chi connectivity index (χ0) is 26.3. The number of benzene rings is 1. The van der Waals surface area contributed by atoms with E-state index in [4.69, 9.17) is 0 Å². The first-order valence-corrected chi connectivity index (χ1v) is 13.4. The van der Waals surface area contributed by atoms with Crippen LogP contribution < -0.4 is 0 Å². The van der Waals surface area contributed by atoms with Gasteiger partial charge in [0.05, 0.1) is 23.2 Å². The number of hydrogen-bond acceptors (Lipinski definition) is 4. The van der Waals surface area contributed by atoms with E-state index >= 15 is 0 Å². The molecule has 8 nitrogen and oxygen atoms in total. The van der Waals surface area contributed by atoms with Crippen LogP contribution in [0, 0.1) is 11.3 Å². The van der Waals surface area contributed by atoms with Crippen LogP contribution in [0.1, 0.15) is 47.6 Å². The van der Waals surface area contributed by atoms with Gasteiger partial charge in [0.1, 0.15) is 0 Å². The summed E-state index contributed by atoms with van der Waals surface area (Å²) in [6.45, 7) is 2.77. The van der Waals surface area contributed by atoms with Crippen LogP contribution in [0.5, 0.6) is 0 Å². The van der Waals surface area contributed by atoms with E-state index in [1.165, 1.54) is 0 Å². The van der Waals surface area contributed by atoms with E-state index in [0.29, 0.717) is 31.7 Å². The molecule has 5 heterocycles. The Bertz CT molecular complexity index is 1330. The second-order valence-electron chi connectivity index (χ2n) is 11.0. The summed E-state index contributed by atoms with van der Waals surface area (Å²) in [7, 11) is 1.78. The maximum absolute atomic E-state index is 13.7. The first-order chi connectivity index (χ1) is 18.5. The zero-order valence-electron chi connectivity index (χ0n) is 21.7. The number of carbonyl (C=O) groups excluding carboxylic acids is 3. The van der Waals surface area contributed by atoms with Gasteiger partial charge in [-0.2, -0.15) is 0 Å². The van der Waals surface area contributed by atoms with E-state index in [-0.39, 0.29) is 35.6 Å². The molecule has 1 aromatic carbocycles. The number of amides is 3. The van der Waals surface area contributed by atoms with Gasteiger partial charge in [-0.15, -0.1) is 0 Å². The Labute approximate surface area is 222 Å². The second kappa shape index (κ2) is 9.74. The predicted octanol–water partition coefficient (Wildman–Crippen LogP) is 3.55. The lowest BCUT2D eigenvalue weighted by Crippen LogP contribution is -2.45. The fourth-order valence-corrected chi connectivity index (χ4v) is 6.59. The normalized spacial score (nSPS) is 22.9. The van der Waals surface area contributed by atoms with Gasteiger partial charge < -0.3 is 19.3 Å². The van der Waals surface area contributed by atoms with Crippen LogP contribution in [-0.2, 0) is 9.59 Å².